The average Bonchev–Trinajstić information content (AvgIpc) is 3.28. The molecular formula is C24H44O4S. The lowest BCUT2D eigenvalue weighted by molar-refractivity contribution is -0.137. The standard InChI is InChI=1S/C24H44O4S/c1-4-5-15-24(2,3)22(25)14-11-19-18(20-12-13-21(19)28-20)9-8-17-29-16-7-6-10-23(26)27/h18-22,25H,4-17H2,1-3H3,(H,26,27)/t18-,19+,20-,21+,22?/m1/s1. The van der Waals surface area contributed by atoms with Gasteiger partial charge in [-0.15, -0.1) is 0 Å². The SMILES string of the molecule is CCCCC(C)(C)C(O)CC[C@H]1[C@@H](CCCSCCCCC(=O)O)[C@H]2CC[C@@H]1O2. The van der Waals surface area contributed by atoms with Crippen molar-refractivity contribution in [1.82, 2.24) is 0 Å². The predicted octanol–water partition coefficient (Wildman–Crippen LogP) is 5.91. The quantitative estimate of drug-likeness (QED) is 0.299. The third kappa shape index (κ3) is 8.06. The Morgan fingerprint density at radius 3 is 2.38 bits per heavy atom. The molecule has 2 fully saturated rings. The Hall–Kier alpha value is -0.260. The summed E-state index contributed by atoms with van der Waals surface area (Å²) in [5.41, 5.74) is 0.0151. The van der Waals surface area contributed by atoms with E-state index in [1.807, 2.05) is 11.8 Å². The number of fused-ring (bicyclic) bond motifs is 2. The summed E-state index contributed by atoms with van der Waals surface area (Å²) in [7, 11) is 0. The first-order valence-electron chi connectivity index (χ1n) is 12.0. The third-order valence-corrected chi connectivity index (χ3v) is 8.35. The molecule has 5 heteroatoms. The van der Waals surface area contributed by atoms with E-state index in [1.54, 1.807) is 0 Å². The number of hydrogen-bond donors (Lipinski definition) is 2. The molecule has 0 aliphatic carbocycles. The van der Waals surface area contributed by atoms with Crippen LogP contribution in [0.3, 0.4) is 0 Å². The van der Waals surface area contributed by atoms with Gasteiger partial charge in [-0.2, -0.15) is 11.8 Å². The summed E-state index contributed by atoms with van der Waals surface area (Å²) < 4.78 is 6.27. The lowest BCUT2D eigenvalue weighted by Gasteiger charge is -2.33. The van der Waals surface area contributed by atoms with Crippen molar-refractivity contribution in [1.29, 1.82) is 0 Å². The van der Waals surface area contributed by atoms with Crippen LogP contribution in [0.1, 0.15) is 97.8 Å². The summed E-state index contributed by atoms with van der Waals surface area (Å²) in [6.07, 6.45) is 13.1. The van der Waals surface area contributed by atoms with Gasteiger partial charge in [-0.3, -0.25) is 4.79 Å². The minimum atomic E-state index is -0.684. The number of rotatable bonds is 16. The Labute approximate surface area is 182 Å². The zero-order valence-corrected chi connectivity index (χ0v) is 19.7. The number of hydrogen-bond acceptors (Lipinski definition) is 4. The predicted molar refractivity (Wildman–Crippen MR) is 121 cm³/mol. The lowest BCUT2D eigenvalue weighted by atomic mass is 9.72. The monoisotopic (exact) mass is 428 g/mol. The van der Waals surface area contributed by atoms with Gasteiger partial charge in [0.1, 0.15) is 0 Å². The molecule has 0 aromatic rings. The number of thioether (sulfide) groups is 1. The van der Waals surface area contributed by atoms with E-state index in [-0.39, 0.29) is 11.5 Å². The summed E-state index contributed by atoms with van der Waals surface area (Å²) in [6, 6.07) is 0. The molecule has 29 heavy (non-hydrogen) atoms. The number of aliphatic carboxylic acids is 1. The molecule has 0 saturated carbocycles. The molecule has 0 aromatic heterocycles. The van der Waals surface area contributed by atoms with Crippen LogP contribution in [-0.2, 0) is 9.53 Å². The molecule has 0 spiro atoms. The van der Waals surface area contributed by atoms with Crippen molar-refractivity contribution in [2.24, 2.45) is 17.3 Å². The Morgan fingerprint density at radius 2 is 1.72 bits per heavy atom. The molecule has 1 unspecified atom stereocenters. The average molecular weight is 429 g/mol. The highest BCUT2D eigenvalue weighted by Gasteiger charge is 2.48. The smallest absolute Gasteiger partial charge is 0.303 e. The topological polar surface area (TPSA) is 66.8 Å². The molecule has 2 aliphatic rings. The molecule has 170 valence electrons. The van der Waals surface area contributed by atoms with Crippen molar-refractivity contribution < 1.29 is 19.7 Å². The number of carboxylic acids is 1. The summed E-state index contributed by atoms with van der Waals surface area (Å²) in [4.78, 5) is 10.5. The first-order chi connectivity index (χ1) is 13.8. The van der Waals surface area contributed by atoms with Crippen molar-refractivity contribution in [2.75, 3.05) is 11.5 Å². The van der Waals surface area contributed by atoms with Gasteiger partial charge in [-0.25, -0.2) is 0 Å². The Bertz CT molecular complexity index is 482. The minimum Gasteiger partial charge on any atom is -0.481 e. The van der Waals surface area contributed by atoms with Gasteiger partial charge in [0.15, 0.2) is 0 Å². The zero-order chi connectivity index (χ0) is 21.3. The van der Waals surface area contributed by atoms with Crippen LogP contribution >= 0.6 is 11.8 Å². The lowest BCUT2D eigenvalue weighted by Crippen LogP contribution is -2.32. The van der Waals surface area contributed by atoms with Gasteiger partial charge in [0, 0.05) is 6.42 Å². The van der Waals surface area contributed by atoms with E-state index in [1.165, 1.54) is 44.3 Å². The number of ether oxygens (including phenoxy) is 1. The maximum atomic E-state index is 10.8. The van der Waals surface area contributed by atoms with Gasteiger partial charge in [0.2, 0.25) is 0 Å². The van der Waals surface area contributed by atoms with Crippen molar-refractivity contribution >= 4 is 17.7 Å². The maximum absolute atomic E-state index is 10.8. The fourth-order valence-corrected chi connectivity index (χ4v) is 6.20. The number of carbonyl (C=O) groups is 1. The summed E-state index contributed by atoms with van der Waals surface area (Å²) in [6.45, 7) is 6.65. The summed E-state index contributed by atoms with van der Waals surface area (Å²) >= 11 is 1.96. The normalized spacial score (nSPS) is 27.4. The molecule has 2 heterocycles. The zero-order valence-electron chi connectivity index (χ0n) is 18.9. The van der Waals surface area contributed by atoms with E-state index < -0.39 is 5.97 Å². The fraction of sp³-hybridized carbons (Fsp3) is 0.958. The van der Waals surface area contributed by atoms with Crippen LogP contribution in [0.15, 0.2) is 0 Å². The van der Waals surface area contributed by atoms with E-state index in [4.69, 9.17) is 9.84 Å². The molecule has 0 radical (unpaired) electrons. The molecule has 5 atom stereocenters. The molecule has 2 saturated heterocycles. The highest BCUT2D eigenvalue weighted by molar-refractivity contribution is 7.99. The Balaban J connectivity index is 1.67. The van der Waals surface area contributed by atoms with Crippen LogP contribution in [0.25, 0.3) is 0 Å². The van der Waals surface area contributed by atoms with Crippen molar-refractivity contribution in [3.05, 3.63) is 0 Å². The van der Waals surface area contributed by atoms with E-state index in [9.17, 15) is 9.90 Å². The Morgan fingerprint density at radius 1 is 1.07 bits per heavy atom. The van der Waals surface area contributed by atoms with Crippen LogP contribution in [0.2, 0.25) is 0 Å². The largest absolute Gasteiger partial charge is 0.481 e. The summed E-state index contributed by atoms with van der Waals surface area (Å²) in [5, 5.41) is 19.5. The van der Waals surface area contributed by atoms with E-state index in [0.717, 1.165) is 37.9 Å². The highest BCUT2D eigenvalue weighted by Crippen LogP contribution is 2.48. The molecular weight excluding hydrogens is 384 g/mol. The molecule has 2 N–H and O–H groups in total. The second kappa shape index (κ2) is 12.6. The van der Waals surface area contributed by atoms with Gasteiger partial charge < -0.3 is 14.9 Å². The number of unbranched alkanes of at least 4 members (excludes halogenated alkanes) is 2. The van der Waals surface area contributed by atoms with Crippen LogP contribution in [-0.4, -0.2) is 46.0 Å². The molecule has 0 amide bonds. The molecule has 2 aliphatic heterocycles. The van der Waals surface area contributed by atoms with Gasteiger partial charge in [0.05, 0.1) is 18.3 Å². The van der Waals surface area contributed by atoms with E-state index in [2.05, 4.69) is 20.8 Å². The minimum absolute atomic E-state index is 0.0151. The van der Waals surface area contributed by atoms with Crippen molar-refractivity contribution in [3.8, 4) is 0 Å². The van der Waals surface area contributed by atoms with Crippen LogP contribution < -0.4 is 0 Å². The molecule has 0 aromatic carbocycles. The van der Waals surface area contributed by atoms with Crippen molar-refractivity contribution in [3.63, 3.8) is 0 Å². The van der Waals surface area contributed by atoms with Crippen molar-refractivity contribution in [2.45, 2.75) is 116 Å². The number of aliphatic hydroxyl groups excluding tert-OH is 1. The Kier molecular flexibility index (Phi) is 10.8. The van der Waals surface area contributed by atoms with Gasteiger partial charge >= 0.3 is 5.97 Å². The van der Waals surface area contributed by atoms with Gasteiger partial charge in [-0.1, -0.05) is 33.6 Å². The third-order valence-electron chi connectivity index (χ3n) is 7.20. The first kappa shape index (κ1) is 25.0. The number of carboxylic acid groups (broad SMARTS) is 1. The molecule has 2 bridgehead atoms. The van der Waals surface area contributed by atoms with Crippen LogP contribution in [0, 0.1) is 17.3 Å². The fourth-order valence-electron chi connectivity index (χ4n) is 5.21. The van der Waals surface area contributed by atoms with E-state index >= 15 is 0 Å². The van der Waals surface area contributed by atoms with Crippen LogP contribution in [0.4, 0.5) is 0 Å². The second-order valence-corrected chi connectivity index (χ2v) is 11.1. The second-order valence-electron chi connectivity index (χ2n) is 9.91. The number of aliphatic hydroxyl groups is 1. The molecule has 2 rings (SSSR count). The summed E-state index contributed by atoms with van der Waals surface area (Å²) in [5.74, 6) is 2.86. The van der Waals surface area contributed by atoms with Gasteiger partial charge in [0.25, 0.3) is 0 Å². The maximum Gasteiger partial charge on any atom is 0.303 e. The van der Waals surface area contributed by atoms with Gasteiger partial charge in [-0.05, 0) is 86.5 Å². The van der Waals surface area contributed by atoms with Crippen LogP contribution in [0.5, 0.6) is 0 Å². The highest BCUT2D eigenvalue weighted by atomic mass is 32.2. The van der Waals surface area contributed by atoms with E-state index in [0.29, 0.717) is 30.5 Å². The molecule has 4 nitrogen and oxygen atoms in total. The first-order valence-corrected chi connectivity index (χ1v) is 13.1.